The van der Waals surface area contributed by atoms with Gasteiger partial charge in [-0.3, -0.25) is 4.79 Å². The summed E-state index contributed by atoms with van der Waals surface area (Å²) in [5.41, 5.74) is 2.29. The van der Waals surface area contributed by atoms with Gasteiger partial charge < -0.3 is 15.5 Å². The van der Waals surface area contributed by atoms with E-state index in [9.17, 15) is 4.79 Å². The predicted octanol–water partition coefficient (Wildman–Crippen LogP) is 2.64. The first-order valence-electron chi connectivity index (χ1n) is 8.80. The highest BCUT2D eigenvalue weighted by Gasteiger charge is 2.23. The molecule has 0 aromatic heterocycles. The molecule has 0 saturated carbocycles. The summed E-state index contributed by atoms with van der Waals surface area (Å²) >= 11 is 2.02. The number of amides is 1. The van der Waals surface area contributed by atoms with Gasteiger partial charge in [-0.25, -0.2) is 4.99 Å². The molecule has 1 unspecified atom stereocenters. The number of halogens is 1. The number of nitrogens with zero attached hydrogens (tertiary/aromatic N) is 2. The van der Waals surface area contributed by atoms with Gasteiger partial charge >= 0.3 is 0 Å². The number of anilines is 1. The average Bonchev–Trinajstić information content (AvgIpc) is 3.26. The van der Waals surface area contributed by atoms with Gasteiger partial charge in [0, 0.05) is 30.6 Å². The second-order valence-electron chi connectivity index (χ2n) is 6.14. The fourth-order valence-electron chi connectivity index (χ4n) is 3.19. The molecule has 25 heavy (non-hydrogen) atoms. The number of guanidine groups is 1. The fraction of sp³-hybridized carbons (Fsp3) is 0.556. The van der Waals surface area contributed by atoms with Gasteiger partial charge in [0.25, 0.3) is 0 Å². The summed E-state index contributed by atoms with van der Waals surface area (Å²) in [5.74, 6) is 2.06. The molecule has 0 radical (unpaired) electrons. The maximum atomic E-state index is 12.5. The average molecular weight is 474 g/mol. The van der Waals surface area contributed by atoms with E-state index in [1.54, 1.807) is 0 Å². The smallest absolute Gasteiger partial charge is 0.248 e. The number of nitrogens with one attached hydrogen (secondary N) is 2. The van der Waals surface area contributed by atoms with Crippen molar-refractivity contribution in [1.29, 1.82) is 0 Å². The maximum Gasteiger partial charge on any atom is 0.248 e. The van der Waals surface area contributed by atoms with Crippen LogP contribution in [0.2, 0.25) is 0 Å². The van der Waals surface area contributed by atoms with E-state index in [0.717, 1.165) is 37.7 Å². The van der Waals surface area contributed by atoms with Gasteiger partial charge in [-0.05, 0) is 43.6 Å². The molecule has 7 heteroatoms. The number of para-hydroxylation sites is 1. The number of carbonyl (C=O) groups excluding carboxylic acids is 1. The molecule has 138 valence electrons. The number of hydrogen-bond acceptors (Lipinski definition) is 3. The fourth-order valence-corrected chi connectivity index (χ4v) is 4.39. The molecule has 3 rings (SSSR count). The largest absolute Gasteiger partial charge is 0.357 e. The van der Waals surface area contributed by atoms with Crippen molar-refractivity contribution >= 4 is 53.3 Å². The lowest BCUT2D eigenvalue weighted by atomic mass is 10.2. The summed E-state index contributed by atoms with van der Waals surface area (Å²) in [6.07, 6.45) is 3.50. The Kier molecular flexibility index (Phi) is 8.35. The lowest BCUT2D eigenvalue weighted by Crippen LogP contribution is -2.41. The Bertz CT molecular complexity index is 604. The zero-order valence-corrected chi connectivity index (χ0v) is 17.8. The van der Waals surface area contributed by atoms with Crippen LogP contribution in [0, 0.1) is 0 Å². The molecular weight excluding hydrogens is 447 g/mol. The Morgan fingerprint density at radius 3 is 2.96 bits per heavy atom. The molecule has 2 heterocycles. The van der Waals surface area contributed by atoms with Crippen molar-refractivity contribution in [3.8, 4) is 0 Å². The first-order chi connectivity index (χ1) is 11.8. The van der Waals surface area contributed by atoms with Crippen molar-refractivity contribution in [3.63, 3.8) is 0 Å². The van der Waals surface area contributed by atoms with Crippen LogP contribution in [0.25, 0.3) is 0 Å². The third-order valence-corrected chi connectivity index (χ3v) is 5.82. The standard InChI is InChI=1S/C18H26N4OS.HI/c1-2-19-18(20-12-15-7-5-11-24-15)21-13-17(23)22-10-9-14-6-3-4-8-16(14)22;/h3-4,6,8,15H,2,5,7,9-13H2,1H3,(H2,19,20,21);1H. The van der Waals surface area contributed by atoms with Gasteiger partial charge in [-0.15, -0.1) is 24.0 Å². The van der Waals surface area contributed by atoms with Crippen LogP contribution in [-0.4, -0.2) is 49.0 Å². The van der Waals surface area contributed by atoms with Crippen molar-refractivity contribution in [1.82, 2.24) is 10.6 Å². The normalized spacial score (nSPS) is 19.3. The Morgan fingerprint density at radius 2 is 2.20 bits per heavy atom. The first-order valence-corrected chi connectivity index (χ1v) is 9.85. The molecule has 0 bridgehead atoms. The summed E-state index contributed by atoms with van der Waals surface area (Å²) in [5, 5.41) is 7.27. The number of carbonyl (C=O) groups is 1. The molecule has 2 aliphatic rings. The van der Waals surface area contributed by atoms with Crippen molar-refractivity contribution in [2.45, 2.75) is 31.4 Å². The van der Waals surface area contributed by atoms with Crippen molar-refractivity contribution in [3.05, 3.63) is 29.8 Å². The van der Waals surface area contributed by atoms with Gasteiger partial charge in [0.15, 0.2) is 5.96 Å². The summed E-state index contributed by atoms with van der Waals surface area (Å²) in [6.45, 7) is 4.69. The third kappa shape index (κ3) is 5.51. The van der Waals surface area contributed by atoms with Crippen LogP contribution in [0.15, 0.2) is 29.3 Å². The van der Waals surface area contributed by atoms with Gasteiger partial charge in [-0.1, -0.05) is 18.2 Å². The molecule has 1 atom stereocenters. The minimum Gasteiger partial charge on any atom is -0.357 e. The summed E-state index contributed by atoms with van der Waals surface area (Å²) in [6, 6.07) is 8.12. The van der Waals surface area contributed by atoms with E-state index in [4.69, 9.17) is 0 Å². The van der Waals surface area contributed by atoms with Crippen LogP contribution < -0.4 is 15.5 Å². The van der Waals surface area contributed by atoms with Gasteiger partial charge in [0.05, 0.1) is 0 Å². The number of rotatable bonds is 5. The van der Waals surface area contributed by atoms with Crippen LogP contribution in [0.1, 0.15) is 25.3 Å². The van der Waals surface area contributed by atoms with Gasteiger partial charge in [-0.2, -0.15) is 11.8 Å². The van der Waals surface area contributed by atoms with E-state index in [0.29, 0.717) is 5.25 Å². The molecule has 1 aromatic carbocycles. The van der Waals surface area contributed by atoms with Gasteiger partial charge in [0.2, 0.25) is 5.91 Å². The molecule has 1 saturated heterocycles. The minimum atomic E-state index is 0. The highest BCUT2D eigenvalue weighted by molar-refractivity contribution is 14.0. The van der Waals surface area contributed by atoms with E-state index >= 15 is 0 Å². The van der Waals surface area contributed by atoms with E-state index in [2.05, 4.69) is 21.7 Å². The monoisotopic (exact) mass is 474 g/mol. The van der Waals surface area contributed by atoms with Crippen LogP contribution in [-0.2, 0) is 11.2 Å². The van der Waals surface area contributed by atoms with E-state index in [1.165, 1.54) is 24.2 Å². The number of aliphatic imine (C=N–C) groups is 1. The molecule has 0 aliphatic carbocycles. The van der Waals surface area contributed by atoms with Crippen molar-refractivity contribution < 1.29 is 4.79 Å². The predicted molar refractivity (Wildman–Crippen MR) is 117 cm³/mol. The molecule has 2 aliphatic heterocycles. The Morgan fingerprint density at radius 1 is 1.36 bits per heavy atom. The Hall–Kier alpha value is -0.960. The molecule has 1 fully saturated rings. The first kappa shape index (κ1) is 20.4. The van der Waals surface area contributed by atoms with Crippen LogP contribution in [0.3, 0.4) is 0 Å². The van der Waals surface area contributed by atoms with E-state index in [-0.39, 0.29) is 36.4 Å². The number of fused-ring (bicyclic) bond motifs is 1. The lowest BCUT2D eigenvalue weighted by molar-refractivity contribution is -0.117. The molecule has 0 spiro atoms. The maximum absolute atomic E-state index is 12.5. The summed E-state index contributed by atoms with van der Waals surface area (Å²) < 4.78 is 0. The highest BCUT2D eigenvalue weighted by atomic mass is 127. The Labute approximate surface area is 171 Å². The second-order valence-corrected chi connectivity index (χ2v) is 7.54. The van der Waals surface area contributed by atoms with E-state index < -0.39 is 0 Å². The van der Waals surface area contributed by atoms with Crippen molar-refractivity contribution in [2.24, 2.45) is 4.99 Å². The topological polar surface area (TPSA) is 56.7 Å². The van der Waals surface area contributed by atoms with Crippen molar-refractivity contribution in [2.75, 3.05) is 36.8 Å². The quantitative estimate of drug-likeness (QED) is 0.392. The van der Waals surface area contributed by atoms with Crippen LogP contribution in [0.5, 0.6) is 0 Å². The van der Waals surface area contributed by atoms with Crippen LogP contribution >= 0.6 is 35.7 Å². The summed E-state index contributed by atoms with van der Waals surface area (Å²) in [4.78, 5) is 18.9. The molecule has 1 amide bonds. The van der Waals surface area contributed by atoms with Crippen LogP contribution in [0.4, 0.5) is 5.69 Å². The number of benzene rings is 1. The number of hydrogen-bond donors (Lipinski definition) is 2. The number of thioether (sulfide) groups is 1. The van der Waals surface area contributed by atoms with E-state index in [1.807, 2.05) is 41.8 Å². The summed E-state index contributed by atoms with van der Waals surface area (Å²) in [7, 11) is 0. The molecule has 2 N–H and O–H groups in total. The zero-order valence-electron chi connectivity index (χ0n) is 14.7. The molecular formula is C18H27IN4OS. The SMILES string of the molecule is CCNC(=NCC(=O)N1CCc2ccccc21)NCC1CCCS1.I. The minimum absolute atomic E-state index is 0. The Balaban J connectivity index is 0.00000225. The highest BCUT2D eigenvalue weighted by Crippen LogP contribution is 2.27. The lowest BCUT2D eigenvalue weighted by Gasteiger charge is -2.17. The van der Waals surface area contributed by atoms with Gasteiger partial charge in [0.1, 0.15) is 6.54 Å². The second kappa shape index (κ2) is 10.3. The zero-order chi connectivity index (χ0) is 16.8. The molecule has 5 nitrogen and oxygen atoms in total. The molecule has 1 aromatic rings. The third-order valence-electron chi connectivity index (χ3n) is 4.43.